The Morgan fingerprint density at radius 3 is 2.91 bits per heavy atom. The number of aryl methyl sites for hydroxylation is 1. The van der Waals surface area contributed by atoms with E-state index < -0.39 is 21.4 Å². The van der Waals surface area contributed by atoms with Gasteiger partial charge >= 0.3 is 5.97 Å². The highest BCUT2D eigenvalue weighted by atomic mass is 32.2. The molecule has 1 aromatic rings. The van der Waals surface area contributed by atoms with Crippen LogP contribution in [0.15, 0.2) is 18.2 Å². The van der Waals surface area contributed by atoms with Crippen molar-refractivity contribution < 1.29 is 23.1 Å². The molecule has 1 saturated heterocycles. The van der Waals surface area contributed by atoms with E-state index in [0.29, 0.717) is 19.4 Å². The van der Waals surface area contributed by atoms with E-state index in [1.54, 1.807) is 6.92 Å². The van der Waals surface area contributed by atoms with Gasteiger partial charge < -0.3 is 9.84 Å². The minimum absolute atomic E-state index is 0.00232. The number of carbonyl (C=O) groups is 1. The number of hydrogen-bond acceptors (Lipinski definition) is 4. The predicted molar refractivity (Wildman–Crippen MR) is 85.1 cm³/mol. The summed E-state index contributed by atoms with van der Waals surface area (Å²) in [7, 11) is -3.44. The van der Waals surface area contributed by atoms with Crippen molar-refractivity contribution in [1.82, 2.24) is 4.31 Å². The highest BCUT2D eigenvalue weighted by Gasteiger charge is 2.44. The molecule has 1 atom stereocenters. The molecule has 1 aromatic carbocycles. The number of nitrogens with zero attached hydrogens (tertiary/aromatic N) is 1. The molecule has 1 N–H and O–H groups in total. The predicted octanol–water partition coefficient (Wildman–Crippen LogP) is 1.29. The number of carboxylic acid groups (broad SMARTS) is 1. The zero-order valence-electron chi connectivity index (χ0n) is 13.1. The summed E-state index contributed by atoms with van der Waals surface area (Å²) in [4.78, 5) is 11.3. The molecular formula is C16H21NO5S. The summed E-state index contributed by atoms with van der Waals surface area (Å²) in [5, 5.41) is 9.22. The second-order valence-electron chi connectivity index (χ2n) is 6.56. The van der Waals surface area contributed by atoms with E-state index in [1.165, 1.54) is 4.31 Å². The van der Waals surface area contributed by atoms with Gasteiger partial charge in [-0.05, 0) is 37.0 Å². The Hall–Kier alpha value is -1.60. The number of fused-ring (bicyclic) bond motifs is 1. The first kappa shape index (κ1) is 16.3. The van der Waals surface area contributed by atoms with E-state index in [-0.39, 0.29) is 18.8 Å². The van der Waals surface area contributed by atoms with Crippen LogP contribution >= 0.6 is 0 Å². The van der Waals surface area contributed by atoms with Crippen molar-refractivity contribution >= 4 is 16.0 Å². The number of ether oxygens (including phenoxy) is 1. The van der Waals surface area contributed by atoms with E-state index >= 15 is 0 Å². The Morgan fingerprint density at radius 1 is 1.43 bits per heavy atom. The standard InChI is InChI=1S/C16H21NO5S/c1-16(15(18)19)6-7-17(11-16)23(20,21)9-5-12-2-3-14-13(10-12)4-8-22-14/h2-3,10H,4-9,11H2,1H3,(H,18,19). The number of aliphatic carboxylic acids is 1. The molecule has 0 aliphatic carbocycles. The van der Waals surface area contributed by atoms with E-state index in [2.05, 4.69) is 0 Å². The van der Waals surface area contributed by atoms with Crippen molar-refractivity contribution in [2.45, 2.75) is 26.2 Å². The molecule has 126 valence electrons. The van der Waals surface area contributed by atoms with E-state index in [0.717, 1.165) is 23.3 Å². The third-order valence-electron chi connectivity index (χ3n) is 4.75. The summed E-state index contributed by atoms with van der Waals surface area (Å²) in [6.45, 7) is 2.62. The molecule has 3 rings (SSSR count). The molecule has 0 radical (unpaired) electrons. The van der Waals surface area contributed by atoms with Crippen molar-refractivity contribution in [3.05, 3.63) is 29.3 Å². The summed E-state index contributed by atoms with van der Waals surface area (Å²) in [5.74, 6) is -0.0512. The number of hydrogen-bond donors (Lipinski definition) is 1. The van der Waals surface area contributed by atoms with Crippen LogP contribution in [0.1, 0.15) is 24.5 Å². The second-order valence-corrected chi connectivity index (χ2v) is 8.64. The Balaban J connectivity index is 1.65. The molecule has 2 aliphatic heterocycles. The van der Waals surface area contributed by atoms with Gasteiger partial charge in [0.2, 0.25) is 10.0 Å². The Morgan fingerprint density at radius 2 is 2.22 bits per heavy atom. The fraction of sp³-hybridized carbons (Fsp3) is 0.562. The van der Waals surface area contributed by atoms with Crippen LogP contribution in [0.3, 0.4) is 0 Å². The Labute approximate surface area is 136 Å². The van der Waals surface area contributed by atoms with Gasteiger partial charge in [-0.15, -0.1) is 0 Å². The van der Waals surface area contributed by atoms with Crippen molar-refractivity contribution in [2.24, 2.45) is 5.41 Å². The van der Waals surface area contributed by atoms with Gasteiger partial charge in [-0.25, -0.2) is 12.7 Å². The van der Waals surface area contributed by atoms with E-state index in [9.17, 15) is 18.3 Å². The molecule has 0 amide bonds. The second kappa shape index (κ2) is 5.79. The van der Waals surface area contributed by atoms with Crippen LogP contribution in [-0.4, -0.2) is 49.2 Å². The first-order valence-electron chi connectivity index (χ1n) is 7.76. The number of carboxylic acids is 1. The lowest BCUT2D eigenvalue weighted by Crippen LogP contribution is -2.36. The maximum absolute atomic E-state index is 12.5. The van der Waals surface area contributed by atoms with Crippen LogP contribution in [0.4, 0.5) is 0 Å². The van der Waals surface area contributed by atoms with Gasteiger partial charge in [0, 0.05) is 19.5 Å². The van der Waals surface area contributed by atoms with Gasteiger partial charge in [0.15, 0.2) is 0 Å². The van der Waals surface area contributed by atoms with Gasteiger partial charge in [0.05, 0.1) is 17.8 Å². The molecule has 2 heterocycles. The zero-order valence-corrected chi connectivity index (χ0v) is 13.9. The minimum Gasteiger partial charge on any atom is -0.493 e. The SMILES string of the molecule is CC1(C(=O)O)CCN(S(=O)(=O)CCc2ccc3c(c2)CCO3)C1. The fourth-order valence-electron chi connectivity index (χ4n) is 3.10. The molecular weight excluding hydrogens is 318 g/mol. The van der Waals surface area contributed by atoms with Crippen LogP contribution in [-0.2, 0) is 27.7 Å². The van der Waals surface area contributed by atoms with Gasteiger partial charge in [0.1, 0.15) is 5.75 Å². The maximum atomic E-state index is 12.5. The third kappa shape index (κ3) is 3.21. The molecule has 0 spiro atoms. The highest BCUT2D eigenvalue weighted by Crippen LogP contribution is 2.32. The average molecular weight is 339 g/mol. The first-order valence-corrected chi connectivity index (χ1v) is 9.37. The molecule has 7 heteroatoms. The summed E-state index contributed by atoms with van der Waals surface area (Å²) in [6.07, 6.45) is 1.65. The minimum atomic E-state index is -3.44. The molecule has 0 saturated carbocycles. The maximum Gasteiger partial charge on any atom is 0.310 e. The van der Waals surface area contributed by atoms with E-state index in [4.69, 9.17) is 4.74 Å². The lowest BCUT2D eigenvalue weighted by Gasteiger charge is -2.20. The molecule has 23 heavy (non-hydrogen) atoms. The number of sulfonamides is 1. The molecule has 6 nitrogen and oxygen atoms in total. The van der Waals surface area contributed by atoms with Crippen LogP contribution in [0.5, 0.6) is 5.75 Å². The monoisotopic (exact) mass is 339 g/mol. The zero-order chi connectivity index (χ0) is 16.7. The fourth-order valence-corrected chi connectivity index (χ4v) is 4.71. The van der Waals surface area contributed by atoms with Gasteiger partial charge in [-0.3, -0.25) is 4.79 Å². The quantitative estimate of drug-likeness (QED) is 0.874. The molecule has 1 fully saturated rings. The lowest BCUT2D eigenvalue weighted by molar-refractivity contribution is -0.146. The van der Waals surface area contributed by atoms with Crippen LogP contribution in [0, 0.1) is 5.41 Å². The van der Waals surface area contributed by atoms with Crippen molar-refractivity contribution in [1.29, 1.82) is 0 Å². The van der Waals surface area contributed by atoms with Gasteiger partial charge in [-0.1, -0.05) is 12.1 Å². The number of benzene rings is 1. The van der Waals surface area contributed by atoms with Crippen LogP contribution in [0.25, 0.3) is 0 Å². The van der Waals surface area contributed by atoms with Crippen molar-refractivity contribution in [3.8, 4) is 5.75 Å². The first-order chi connectivity index (χ1) is 10.8. The van der Waals surface area contributed by atoms with Crippen LogP contribution in [0.2, 0.25) is 0 Å². The molecule has 0 aromatic heterocycles. The third-order valence-corrected chi connectivity index (χ3v) is 6.57. The average Bonchev–Trinajstić information content (AvgIpc) is 3.12. The van der Waals surface area contributed by atoms with Crippen molar-refractivity contribution in [3.63, 3.8) is 0 Å². The normalized spacial score (nSPS) is 24.4. The van der Waals surface area contributed by atoms with Gasteiger partial charge in [0.25, 0.3) is 0 Å². The molecule has 1 unspecified atom stereocenters. The van der Waals surface area contributed by atoms with Gasteiger partial charge in [-0.2, -0.15) is 0 Å². The van der Waals surface area contributed by atoms with Crippen molar-refractivity contribution in [2.75, 3.05) is 25.4 Å². The molecule has 2 aliphatic rings. The largest absolute Gasteiger partial charge is 0.493 e. The van der Waals surface area contributed by atoms with Crippen LogP contribution < -0.4 is 4.74 Å². The summed E-state index contributed by atoms with van der Waals surface area (Å²) < 4.78 is 31.7. The Kier molecular flexibility index (Phi) is 4.10. The number of rotatable bonds is 5. The summed E-state index contributed by atoms with van der Waals surface area (Å²) >= 11 is 0. The summed E-state index contributed by atoms with van der Waals surface area (Å²) in [6, 6.07) is 5.79. The smallest absolute Gasteiger partial charge is 0.310 e. The topological polar surface area (TPSA) is 83.9 Å². The van der Waals surface area contributed by atoms with E-state index in [1.807, 2.05) is 18.2 Å². The highest BCUT2D eigenvalue weighted by molar-refractivity contribution is 7.89. The summed E-state index contributed by atoms with van der Waals surface area (Å²) in [5.41, 5.74) is 1.12. The Bertz CT molecular complexity index is 730. The molecule has 0 bridgehead atoms. The lowest BCUT2D eigenvalue weighted by atomic mass is 9.90.